The summed E-state index contributed by atoms with van der Waals surface area (Å²) in [6, 6.07) is 0. The fraction of sp³-hybridized carbons (Fsp3) is 0.500. The van der Waals surface area contributed by atoms with Gasteiger partial charge in [-0.05, 0) is 25.2 Å². The normalized spacial score (nSPS) is 21.1. The molecular formula is C10H15N3O2S. The third kappa shape index (κ3) is 2.70. The highest BCUT2D eigenvalue weighted by Crippen LogP contribution is 2.17. The minimum absolute atomic E-state index is 0.193. The molecule has 1 heterocycles. The molecule has 6 heteroatoms. The number of hydrogen-bond acceptors (Lipinski definition) is 3. The first-order valence-corrected chi connectivity index (χ1v) is 6.80. The number of nitrogens with one attached hydrogen (secondary N) is 2. The summed E-state index contributed by atoms with van der Waals surface area (Å²) >= 11 is 0. The summed E-state index contributed by atoms with van der Waals surface area (Å²) in [4.78, 5) is 0.193. The number of H-pyrrole nitrogens is 1. The monoisotopic (exact) mass is 241 g/mol. The number of hydrogen-bond donors (Lipinski definition) is 2. The predicted molar refractivity (Wildman–Crippen MR) is 60.3 cm³/mol. The molecule has 0 saturated carbocycles. The zero-order valence-electron chi connectivity index (χ0n) is 8.89. The Kier molecular flexibility index (Phi) is 3.40. The van der Waals surface area contributed by atoms with Crippen LogP contribution in [0.1, 0.15) is 19.3 Å². The lowest BCUT2D eigenvalue weighted by Gasteiger charge is -2.17. The summed E-state index contributed by atoms with van der Waals surface area (Å²) in [6.07, 6.45) is 9.98. The minimum atomic E-state index is -3.38. The molecule has 0 saturated heterocycles. The second-order valence-corrected chi connectivity index (χ2v) is 5.70. The van der Waals surface area contributed by atoms with Gasteiger partial charge in [-0.2, -0.15) is 5.10 Å². The van der Waals surface area contributed by atoms with Crippen molar-refractivity contribution in [2.75, 3.05) is 6.54 Å². The van der Waals surface area contributed by atoms with Gasteiger partial charge in [0.15, 0.2) is 0 Å². The van der Waals surface area contributed by atoms with Gasteiger partial charge in [-0.1, -0.05) is 12.2 Å². The van der Waals surface area contributed by atoms with Crippen LogP contribution in [0.5, 0.6) is 0 Å². The van der Waals surface area contributed by atoms with Crippen LogP contribution in [-0.4, -0.2) is 25.2 Å². The van der Waals surface area contributed by atoms with Gasteiger partial charge in [0.2, 0.25) is 10.0 Å². The number of rotatable bonds is 4. The molecule has 1 aromatic heterocycles. The van der Waals surface area contributed by atoms with Crippen molar-refractivity contribution in [2.45, 2.75) is 24.2 Å². The SMILES string of the molecule is O=S(=O)(NCC1CC=CCC1)c1cn[nH]c1. The maximum absolute atomic E-state index is 11.7. The van der Waals surface area contributed by atoms with Crippen molar-refractivity contribution in [1.82, 2.24) is 14.9 Å². The summed E-state index contributed by atoms with van der Waals surface area (Å²) in [7, 11) is -3.38. The third-order valence-electron chi connectivity index (χ3n) is 2.72. The standard InChI is InChI=1S/C10H15N3O2S/c14-16(15,10-7-11-12-8-10)13-6-9-4-2-1-3-5-9/h1-2,7-9,13H,3-6H2,(H,11,12). The van der Waals surface area contributed by atoms with Gasteiger partial charge in [-0.3, -0.25) is 5.10 Å². The fourth-order valence-electron chi connectivity index (χ4n) is 1.74. The van der Waals surface area contributed by atoms with Gasteiger partial charge in [0, 0.05) is 12.7 Å². The molecule has 0 amide bonds. The van der Waals surface area contributed by atoms with Crippen molar-refractivity contribution in [3.05, 3.63) is 24.5 Å². The Hall–Kier alpha value is -1.14. The Bertz CT molecular complexity index is 450. The maximum Gasteiger partial charge on any atom is 0.243 e. The van der Waals surface area contributed by atoms with Crippen LogP contribution in [-0.2, 0) is 10.0 Å². The largest absolute Gasteiger partial charge is 0.284 e. The van der Waals surface area contributed by atoms with E-state index in [9.17, 15) is 8.42 Å². The Morgan fingerprint density at radius 3 is 3.00 bits per heavy atom. The Balaban J connectivity index is 1.92. The molecule has 1 aliphatic carbocycles. The average Bonchev–Trinajstić information content (AvgIpc) is 2.82. The van der Waals surface area contributed by atoms with E-state index in [0.29, 0.717) is 12.5 Å². The van der Waals surface area contributed by atoms with E-state index in [2.05, 4.69) is 27.1 Å². The van der Waals surface area contributed by atoms with Gasteiger partial charge in [0.1, 0.15) is 4.90 Å². The molecule has 1 atom stereocenters. The first-order chi connectivity index (χ1) is 7.68. The van der Waals surface area contributed by atoms with Crippen LogP contribution in [0.25, 0.3) is 0 Å². The van der Waals surface area contributed by atoms with Crippen LogP contribution >= 0.6 is 0 Å². The number of sulfonamides is 1. The molecule has 0 aromatic carbocycles. The zero-order chi connectivity index (χ0) is 11.4. The van der Waals surface area contributed by atoms with E-state index in [1.54, 1.807) is 0 Å². The number of aromatic nitrogens is 2. The lowest BCUT2D eigenvalue weighted by molar-refractivity contribution is 0.468. The molecule has 0 aliphatic heterocycles. The van der Waals surface area contributed by atoms with E-state index >= 15 is 0 Å². The van der Waals surface area contributed by atoms with Crippen molar-refractivity contribution in [2.24, 2.45) is 5.92 Å². The molecule has 0 spiro atoms. The predicted octanol–water partition coefficient (Wildman–Crippen LogP) is 1.04. The fourth-order valence-corrected chi connectivity index (χ4v) is 2.76. The first kappa shape index (κ1) is 11.3. The van der Waals surface area contributed by atoms with E-state index in [4.69, 9.17) is 0 Å². The molecule has 16 heavy (non-hydrogen) atoms. The molecule has 1 unspecified atom stereocenters. The van der Waals surface area contributed by atoms with Crippen LogP contribution in [0.3, 0.4) is 0 Å². The van der Waals surface area contributed by atoms with Crippen molar-refractivity contribution in [1.29, 1.82) is 0 Å². The second kappa shape index (κ2) is 4.80. The van der Waals surface area contributed by atoms with E-state index in [1.165, 1.54) is 12.4 Å². The van der Waals surface area contributed by atoms with Crippen LogP contribution in [0.15, 0.2) is 29.4 Å². The topological polar surface area (TPSA) is 74.8 Å². The van der Waals surface area contributed by atoms with Crippen molar-refractivity contribution in [3.63, 3.8) is 0 Å². The van der Waals surface area contributed by atoms with Crippen molar-refractivity contribution < 1.29 is 8.42 Å². The quantitative estimate of drug-likeness (QED) is 0.773. The molecule has 1 aromatic rings. The Labute approximate surface area is 95.0 Å². The van der Waals surface area contributed by atoms with Crippen LogP contribution in [0.2, 0.25) is 0 Å². The van der Waals surface area contributed by atoms with Gasteiger partial charge in [-0.15, -0.1) is 0 Å². The second-order valence-electron chi connectivity index (χ2n) is 3.94. The van der Waals surface area contributed by atoms with Crippen molar-refractivity contribution in [3.8, 4) is 0 Å². The molecule has 88 valence electrons. The lowest BCUT2D eigenvalue weighted by Crippen LogP contribution is -2.29. The smallest absolute Gasteiger partial charge is 0.243 e. The Morgan fingerprint density at radius 2 is 2.38 bits per heavy atom. The molecule has 2 rings (SSSR count). The van der Waals surface area contributed by atoms with Crippen LogP contribution in [0, 0.1) is 5.92 Å². The number of aromatic amines is 1. The number of allylic oxidation sites excluding steroid dienone is 2. The molecule has 1 aliphatic rings. The summed E-state index contributed by atoms with van der Waals surface area (Å²) < 4.78 is 26.1. The lowest BCUT2D eigenvalue weighted by atomic mass is 9.95. The van der Waals surface area contributed by atoms with Crippen molar-refractivity contribution >= 4 is 10.0 Å². The highest BCUT2D eigenvalue weighted by atomic mass is 32.2. The van der Waals surface area contributed by atoms with Gasteiger partial charge in [-0.25, -0.2) is 13.1 Å². The highest BCUT2D eigenvalue weighted by molar-refractivity contribution is 7.89. The van der Waals surface area contributed by atoms with E-state index < -0.39 is 10.0 Å². The molecule has 0 fully saturated rings. The van der Waals surface area contributed by atoms with Gasteiger partial charge >= 0.3 is 0 Å². The van der Waals surface area contributed by atoms with Gasteiger partial charge in [0.25, 0.3) is 0 Å². The average molecular weight is 241 g/mol. The summed E-state index contributed by atoms with van der Waals surface area (Å²) in [6.45, 7) is 0.498. The van der Waals surface area contributed by atoms with E-state index in [-0.39, 0.29) is 4.90 Å². The Morgan fingerprint density at radius 1 is 1.50 bits per heavy atom. The summed E-state index contributed by atoms with van der Waals surface area (Å²) in [5.74, 6) is 0.409. The van der Waals surface area contributed by atoms with Gasteiger partial charge in [0.05, 0.1) is 6.20 Å². The molecule has 0 bridgehead atoms. The number of nitrogens with zero attached hydrogens (tertiary/aromatic N) is 1. The molecule has 5 nitrogen and oxygen atoms in total. The maximum atomic E-state index is 11.7. The molecule has 0 radical (unpaired) electrons. The molecule has 2 N–H and O–H groups in total. The first-order valence-electron chi connectivity index (χ1n) is 5.32. The summed E-state index contributed by atoms with van der Waals surface area (Å²) in [5, 5.41) is 6.12. The van der Waals surface area contributed by atoms with Crippen LogP contribution in [0.4, 0.5) is 0 Å². The highest BCUT2D eigenvalue weighted by Gasteiger charge is 2.17. The van der Waals surface area contributed by atoms with Gasteiger partial charge < -0.3 is 0 Å². The zero-order valence-corrected chi connectivity index (χ0v) is 9.70. The molecular weight excluding hydrogens is 226 g/mol. The van der Waals surface area contributed by atoms with Crippen LogP contribution < -0.4 is 4.72 Å². The van der Waals surface area contributed by atoms with E-state index in [1.807, 2.05) is 0 Å². The summed E-state index contributed by atoms with van der Waals surface area (Å²) in [5.41, 5.74) is 0. The third-order valence-corrected chi connectivity index (χ3v) is 4.11. The van der Waals surface area contributed by atoms with E-state index in [0.717, 1.165) is 19.3 Å². The minimum Gasteiger partial charge on any atom is -0.284 e.